The first-order valence-electron chi connectivity index (χ1n) is 8.04. The Morgan fingerprint density at radius 2 is 2.26 bits per heavy atom. The molecule has 0 aliphatic carbocycles. The van der Waals surface area contributed by atoms with E-state index >= 15 is 0 Å². The van der Waals surface area contributed by atoms with Gasteiger partial charge in [-0.05, 0) is 30.9 Å². The fraction of sp³-hybridized carbons (Fsp3) is 0.588. The second-order valence-electron chi connectivity index (χ2n) is 6.51. The number of nitrogens with two attached hydrogens (primary N) is 1. The summed E-state index contributed by atoms with van der Waals surface area (Å²) in [5, 5.41) is 0. The summed E-state index contributed by atoms with van der Waals surface area (Å²) in [4.78, 5) is 32.1. The van der Waals surface area contributed by atoms with E-state index in [1.165, 1.54) is 0 Å². The number of amides is 2. The minimum absolute atomic E-state index is 0.0327. The van der Waals surface area contributed by atoms with E-state index in [4.69, 9.17) is 5.73 Å². The van der Waals surface area contributed by atoms with Gasteiger partial charge in [-0.2, -0.15) is 0 Å². The van der Waals surface area contributed by atoms with Crippen LogP contribution in [0.4, 0.5) is 5.82 Å². The molecule has 1 aromatic rings. The molecule has 2 rings (SSSR count). The Bertz CT molecular complexity index is 547. The van der Waals surface area contributed by atoms with E-state index < -0.39 is 6.04 Å². The van der Waals surface area contributed by atoms with E-state index in [-0.39, 0.29) is 17.9 Å². The Balaban J connectivity index is 2.10. The topological polar surface area (TPSA) is 79.5 Å². The van der Waals surface area contributed by atoms with Crippen molar-refractivity contribution in [3.05, 3.63) is 24.4 Å². The highest BCUT2D eigenvalue weighted by molar-refractivity contribution is 5.84. The lowest BCUT2D eigenvalue weighted by molar-refractivity contribution is -0.134. The molecular formula is C17H25N4O2. The zero-order chi connectivity index (χ0) is 17.0. The third kappa shape index (κ3) is 4.21. The van der Waals surface area contributed by atoms with Crippen molar-refractivity contribution in [3.8, 4) is 0 Å². The predicted octanol–water partition coefficient (Wildman–Crippen LogP) is 1.21. The van der Waals surface area contributed by atoms with Gasteiger partial charge in [0.05, 0.1) is 0 Å². The van der Waals surface area contributed by atoms with E-state index in [0.29, 0.717) is 25.3 Å². The highest BCUT2D eigenvalue weighted by Gasteiger charge is 2.35. The largest absolute Gasteiger partial charge is 0.368 e. The van der Waals surface area contributed by atoms with Crippen molar-refractivity contribution in [3.63, 3.8) is 0 Å². The van der Waals surface area contributed by atoms with Gasteiger partial charge < -0.3 is 15.5 Å². The molecule has 6 nitrogen and oxygen atoms in total. The van der Waals surface area contributed by atoms with Crippen LogP contribution in [0.3, 0.4) is 0 Å². The van der Waals surface area contributed by atoms with Crippen LogP contribution in [0.2, 0.25) is 0 Å². The maximum absolute atomic E-state index is 12.3. The van der Waals surface area contributed by atoms with Gasteiger partial charge in [-0.3, -0.25) is 9.59 Å². The number of aromatic nitrogens is 1. The van der Waals surface area contributed by atoms with Crippen molar-refractivity contribution in [2.24, 2.45) is 11.7 Å². The second-order valence-corrected chi connectivity index (χ2v) is 6.51. The van der Waals surface area contributed by atoms with E-state index in [0.717, 1.165) is 12.2 Å². The molecule has 125 valence electrons. The smallest absolute Gasteiger partial charge is 0.240 e. The molecule has 6 heteroatoms. The number of anilines is 1. The van der Waals surface area contributed by atoms with Gasteiger partial charge in [0.2, 0.25) is 11.8 Å². The van der Waals surface area contributed by atoms with Crippen LogP contribution in [0.25, 0.3) is 0 Å². The average molecular weight is 317 g/mol. The molecule has 1 fully saturated rings. The van der Waals surface area contributed by atoms with Crippen molar-refractivity contribution in [1.82, 2.24) is 9.88 Å². The molecule has 1 aliphatic heterocycles. The van der Waals surface area contributed by atoms with Gasteiger partial charge in [0.1, 0.15) is 11.9 Å². The minimum atomic E-state index is -0.446. The third-order valence-electron chi connectivity index (χ3n) is 4.32. The van der Waals surface area contributed by atoms with E-state index in [1.54, 1.807) is 17.2 Å². The van der Waals surface area contributed by atoms with Crippen LogP contribution in [0.1, 0.15) is 33.1 Å². The molecule has 2 amide bonds. The highest BCUT2D eigenvalue weighted by Crippen LogP contribution is 2.26. The van der Waals surface area contributed by atoms with E-state index in [1.807, 2.05) is 31.9 Å². The van der Waals surface area contributed by atoms with Crippen LogP contribution in [0.5, 0.6) is 0 Å². The van der Waals surface area contributed by atoms with Gasteiger partial charge >= 0.3 is 0 Å². The highest BCUT2D eigenvalue weighted by atomic mass is 16.2. The molecule has 0 aromatic carbocycles. The SMILES string of the molecule is CC(C)CC(=O)N(C)C1CCN(c2cc[c]cn2)C(C(N)=O)C1. The van der Waals surface area contributed by atoms with Crippen LogP contribution >= 0.6 is 0 Å². The monoisotopic (exact) mass is 317 g/mol. The summed E-state index contributed by atoms with van der Waals surface area (Å²) in [7, 11) is 1.82. The first-order chi connectivity index (χ1) is 10.9. The zero-order valence-corrected chi connectivity index (χ0v) is 14.0. The lowest BCUT2D eigenvalue weighted by Crippen LogP contribution is -2.55. The number of rotatable bonds is 5. The molecule has 1 aliphatic rings. The molecular weight excluding hydrogens is 292 g/mol. The molecule has 2 atom stereocenters. The summed E-state index contributed by atoms with van der Waals surface area (Å²) in [5.41, 5.74) is 5.59. The van der Waals surface area contributed by atoms with Crippen molar-refractivity contribution in [2.75, 3.05) is 18.5 Å². The van der Waals surface area contributed by atoms with Crippen molar-refractivity contribution >= 4 is 17.6 Å². The number of pyridine rings is 1. The van der Waals surface area contributed by atoms with Crippen molar-refractivity contribution < 1.29 is 9.59 Å². The molecule has 0 spiro atoms. The van der Waals surface area contributed by atoms with Gasteiger partial charge in [-0.15, -0.1) is 0 Å². The van der Waals surface area contributed by atoms with Crippen LogP contribution in [-0.2, 0) is 9.59 Å². The van der Waals surface area contributed by atoms with Crippen LogP contribution in [-0.4, -0.2) is 47.4 Å². The molecule has 2 heterocycles. The number of carbonyl (C=O) groups is 2. The number of carbonyl (C=O) groups excluding carboxylic acids is 2. The second kappa shape index (κ2) is 7.44. The lowest BCUT2D eigenvalue weighted by Gasteiger charge is -2.41. The Hall–Kier alpha value is -2.11. The van der Waals surface area contributed by atoms with Gasteiger partial charge in [-0.1, -0.05) is 13.8 Å². The third-order valence-corrected chi connectivity index (χ3v) is 4.32. The molecule has 0 bridgehead atoms. The Kier molecular flexibility index (Phi) is 5.58. The fourth-order valence-corrected chi connectivity index (χ4v) is 3.02. The Labute approximate surface area is 137 Å². The Morgan fingerprint density at radius 3 is 2.83 bits per heavy atom. The minimum Gasteiger partial charge on any atom is -0.368 e. The lowest BCUT2D eigenvalue weighted by atomic mass is 9.94. The van der Waals surface area contributed by atoms with E-state index in [9.17, 15) is 9.59 Å². The number of hydrogen-bond donors (Lipinski definition) is 1. The predicted molar refractivity (Wildman–Crippen MR) is 88.6 cm³/mol. The molecule has 2 N–H and O–H groups in total. The normalized spacial score (nSPS) is 21.3. The summed E-state index contributed by atoms with van der Waals surface area (Å²) >= 11 is 0. The van der Waals surface area contributed by atoms with Gasteiger partial charge in [-0.25, -0.2) is 4.98 Å². The summed E-state index contributed by atoms with van der Waals surface area (Å²) in [6, 6.07) is 6.05. The average Bonchev–Trinajstić information content (AvgIpc) is 2.53. The molecule has 2 unspecified atom stereocenters. The number of piperidine rings is 1. The summed E-state index contributed by atoms with van der Waals surface area (Å²) in [5.74, 6) is 0.784. The first-order valence-corrected chi connectivity index (χ1v) is 8.04. The van der Waals surface area contributed by atoms with Crippen LogP contribution in [0.15, 0.2) is 18.3 Å². The summed E-state index contributed by atoms with van der Waals surface area (Å²) < 4.78 is 0. The molecule has 23 heavy (non-hydrogen) atoms. The Morgan fingerprint density at radius 1 is 1.52 bits per heavy atom. The van der Waals surface area contributed by atoms with Crippen LogP contribution in [0, 0.1) is 12.0 Å². The first kappa shape index (κ1) is 17.2. The van der Waals surface area contributed by atoms with Gasteiger partial charge in [0.15, 0.2) is 0 Å². The molecule has 1 radical (unpaired) electrons. The van der Waals surface area contributed by atoms with Crippen LogP contribution < -0.4 is 10.6 Å². The van der Waals surface area contributed by atoms with E-state index in [2.05, 4.69) is 11.1 Å². The number of hydrogen-bond acceptors (Lipinski definition) is 4. The standard InChI is InChI=1S/C17H25N4O2/c1-12(2)10-16(22)20(3)13-7-9-21(14(11-13)17(18)23)15-6-4-5-8-19-15/h4,6,8,12-14H,7,9-11H2,1-3H3,(H2,18,23). The van der Waals surface area contributed by atoms with Gasteiger partial charge in [0, 0.05) is 38.3 Å². The molecule has 0 saturated carbocycles. The summed E-state index contributed by atoms with van der Waals surface area (Å²) in [6.07, 6.45) is 3.44. The van der Waals surface area contributed by atoms with Crippen molar-refractivity contribution in [1.29, 1.82) is 0 Å². The number of primary amides is 1. The maximum atomic E-state index is 12.3. The fourth-order valence-electron chi connectivity index (χ4n) is 3.02. The zero-order valence-electron chi connectivity index (χ0n) is 14.0. The number of nitrogens with zero attached hydrogens (tertiary/aromatic N) is 3. The molecule has 1 saturated heterocycles. The quantitative estimate of drug-likeness (QED) is 0.885. The van der Waals surface area contributed by atoms with Crippen molar-refractivity contribution in [2.45, 2.75) is 45.2 Å². The maximum Gasteiger partial charge on any atom is 0.240 e. The summed E-state index contributed by atoms with van der Waals surface area (Å²) in [6.45, 7) is 4.70. The van der Waals surface area contributed by atoms with Gasteiger partial charge in [0.25, 0.3) is 0 Å². The molecule has 1 aromatic heterocycles.